The Hall–Kier alpha value is -9.26. The largest absolute Gasteiger partial charge is 0.459 e. The molecule has 4 fully saturated rings. The number of thiophene rings is 2. The number of rotatable bonds is 14. The zero-order valence-electron chi connectivity index (χ0n) is 47.4. The molecule has 6 atom stereocenters. The van der Waals surface area contributed by atoms with Crippen molar-refractivity contribution in [1.82, 2.24) is 0 Å². The molecule has 0 radical (unpaired) electrons. The lowest BCUT2D eigenvalue weighted by Gasteiger charge is -2.41. The molecular weight excluding hydrogens is 1160 g/mol. The van der Waals surface area contributed by atoms with Gasteiger partial charge in [-0.15, -0.1) is 22.7 Å². The van der Waals surface area contributed by atoms with Crippen LogP contribution in [0.15, 0.2) is 179 Å². The second-order valence-corrected chi connectivity index (χ2v) is 25.3. The third-order valence-corrected chi connectivity index (χ3v) is 20.0. The van der Waals surface area contributed by atoms with Gasteiger partial charge in [0.1, 0.15) is 47.9 Å². The number of esters is 4. The van der Waals surface area contributed by atoms with Crippen molar-refractivity contribution in [3.63, 3.8) is 0 Å². The van der Waals surface area contributed by atoms with Gasteiger partial charge < -0.3 is 28.4 Å². The van der Waals surface area contributed by atoms with Gasteiger partial charge in [0.25, 0.3) is 0 Å². The SMILES string of the molecule is O=C1C(=Nc2cc3c(s2)C2=CC4C=C5OC(C(=O)OCc6ccccc6)(C(=O)OCc6ccccc6)c6cc(N=C7C(=O)C8CCCCC8C7=O)sc6C5=CC4C=C2OC3(C(=O)OCc2ccccc2)C(=O)OCc2ccccc2)C(=O)C2CCCCC12. The van der Waals surface area contributed by atoms with Crippen molar-refractivity contribution >= 4 is 102 Å². The van der Waals surface area contributed by atoms with Crippen LogP contribution in [0, 0.1) is 35.5 Å². The first kappa shape index (κ1) is 56.5. The molecule has 14 rings (SSSR count). The van der Waals surface area contributed by atoms with E-state index in [0.717, 1.165) is 48.4 Å². The zero-order chi connectivity index (χ0) is 60.3. The monoisotopic (exact) mass is 1210 g/mol. The van der Waals surface area contributed by atoms with Crippen LogP contribution in [0.2, 0.25) is 0 Å². The molecule has 6 unspecified atom stereocenters. The van der Waals surface area contributed by atoms with Crippen LogP contribution in [-0.4, -0.2) is 58.4 Å². The molecule has 6 aromatic rings. The molecule has 4 aromatic carbocycles. The van der Waals surface area contributed by atoms with Crippen molar-refractivity contribution in [2.75, 3.05) is 0 Å². The van der Waals surface area contributed by atoms with Crippen molar-refractivity contribution in [2.45, 2.75) is 89.0 Å². The van der Waals surface area contributed by atoms with E-state index in [1.54, 1.807) is 109 Å². The highest BCUT2D eigenvalue weighted by Crippen LogP contribution is 2.58. The van der Waals surface area contributed by atoms with E-state index in [9.17, 15) is 19.2 Å². The summed E-state index contributed by atoms with van der Waals surface area (Å²) in [5.74, 6) is -8.75. The van der Waals surface area contributed by atoms with E-state index >= 15 is 19.2 Å². The van der Waals surface area contributed by atoms with Crippen molar-refractivity contribution in [3.05, 3.63) is 212 Å². The topological polar surface area (TPSA) is 217 Å². The fourth-order valence-corrected chi connectivity index (χ4v) is 15.6. The third-order valence-electron chi connectivity index (χ3n) is 17.9. The Kier molecular flexibility index (Phi) is 14.9. The lowest BCUT2D eigenvalue weighted by molar-refractivity contribution is -0.191. The van der Waals surface area contributed by atoms with Crippen LogP contribution >= 0.6 is 22.7 Å². The molecule has 8 aliphatic rings. The molecule has 0 saturated heterocycles. The lowest BCUT2D eigenvalue weighted by Crippen LogP contribution is -2.51. The van der Waals surface area contributed by atoms with Crippen molar-refractivity contribution in [2.24, 2.45) is 45.5 Å². The summed E-state index contributed by atoms with van der Waals surface area (Å²) in [5, 5.41) is 0.308. The molecule has 88 heavy (non-hydrogen) atoms. The van der Waals surface area contributed by atoms with Crippen LogP contribution in [0.1, 0.15) is 94.5 Å². The smallest absolute Gasteiger partial charge is 0.367 e. The Balaban J connectivity index is 0.913. The molecule has 4 saturated carbocycles. The van der Waals surface area contributed by atoms with Crippen LogP contribution in [-0.2, 0) is 104 Å². The molecule has 2 aliphatic heterocycles. The molecule has 442 valence electrons. The van der Waals surface area contributed by atoms with Crippen LogP contribution in [0.5, 0.6) is 0 Å². The molecular formula is C70H56N2O14S2. The van der Waals surface area contributed by atoms with Crippen LogP contribution in [0.25, 0.3) is 11.1 Å². The minimum atomic E-state index is -2.63. The van der Waals surface area contributed by atoms with E-state index in [1.807, 2.05) is 36.4 Å². The summed E-state index contributed by atoms with van der Waals surface area (Å²) >= 11 is 2.11. The summed E-state index contributed by atoms with van der Waals surface area (Å²) in [7, 11) is 0. The summed E-state index contributed by atoms with van der Waals surface area (Å²) in [6.07, 6.45) is 12.8. The summed E-state index contributed by atoms with van der Waals surface area (Å²) in [6, 6.07) is 38.7. The van der Waals surface area contributed by atoms with E-state index in [1.165, 1.54) is 12.1 Å². The zero-order valence-corrected chi connectivity index (χ0v) is 49.0. The van der Waals surface area contributed by atoms with E-state index in [2.05, 4.69) is 0 Å². The normalized spacial score (nSPS) is 23.2. The number of fused-ring (bicyclic) bond motifs is 9. The number of hydrogen-bond donors (Lipinski definition) is 0. The highest BCUT2D eigenvalue weighted by molar-refractivity contribution is 7.17. The first-order valence-corrected chi connectivity index (χ1v) is 31.3. The maximum absolute atomic E-state index is 15.3. The standard InChI is InChI=1S/C70H56N2O14S2/c73-59-45-25-13-14-26-46(45)60(74)57(59)71-55-33-51-63(87-55)49-29-44-32-54-50(30-43(44)31-53(49)85-69(51,65(77)81-35-39-17-5-1-6-18-39)66(78)82-36-40-19-7-2-8-20-40)64-52(34-56(88-64)72-58-61(75)47-27-15-16-28-48(47)62(58)76)70(86-54,67(79)83-37-41-21-9-3-10-22-41)68(80)84-38-42-23-11-4-12-24-42/h1-12,17-24,29-34,43-48H,13-16,25-28,35-38H2. The molecule has 0 spiro atoms. The Labute approximate surface area is 513 Å². The van der Waals surface area contributed by atoms with Gasteiger partial charge in [-0.3, -0.25) is 19.2 Å². The summed E-state index contributed by atoms with van der Waals surface area (Å²) in [4.78, 5) is 127. The number of aliphatic imine (C=N–C) groups is 2. The summed E-state index contributed by atoms with van der Waals surface area (Å²) in [6.45, 7) is -0.982. The van der Waals surface area contributed by atoms with Crippen molar-refractivity contribution in [1.29, 1.82) is 0 Å². The first-order valence-electron chi connectivity index (χ1n) is 29.6. The first-order chi connectivity index (χ1) is 42.9. The van der Waals surface area contributed by atoms with E-state index < -0.39 is 70.6 Å². The van der Waals surface area contributed by atoms with Gasteiger partial charge in [-0.1, -0.05) is 159 Å². The lowest BCUT2D eigenvalue weighted by atomic mass is 9.75. The van der Waals surface area contributed by atoms with Gasteiger partial charge in [0.2, 0.25) is 0 Å². The van der Waals surface area contributed by atoms with Gasteiger partial charge in [0.05, 0.1) is 0 Å². The Morgan fingerprint density at radius 3 is 0.989 bits per heavy atom. The van der Waals surface area contributed by atoms with Gasteiger partial charge >= 0.3 is 35.1 Å². The summed E-state index contributed by atoms with van der Waals surface area (Å²) < 4.78 is 38.0. The third kappa shape index (κ3) is 9.91. The fourth-order valence-electron chi connectivity index (χ4n) is 13.4. The fraction of sp³-hybridized carbons (Fsp3) is 0.286. The minimum absolute atomic E-state index is 0.0101. The van der Waals surface area contributed by atoms with Gasteiger partial charge in [-0.05, 0) is 72.2 Å². The van der Waals surface area contributed by atoms with Gasteiger partial charge in [-0.2, -0.15) is 0 Å². The average molecular weight is 1210 g/mol. The van der Waals surface area contributed by atoms with Crippen LogP contribution < -0.4 is 0 Å². The van der Waals surface area contributed by atoms with E-state index in [4.69, 9.17) is 38.4 Å². The molecule has 2 aromatic heterocycles. The molecule has 0 amide bonds. The van der Waals surface area contributed by atoms with Gasteiger partial charge in [0, 0.05) is 67.5 Å². The molecule has 0 N–H and O–H groups in total. The second-order valence-electron chi connectivity index (χ2n) is 23.2. The molecule has 0 bridgehead atoms. The molecule has 4 heterocycles. The Morgan fingerprint density at radius 2 is 0.705 bits per heavy atom. The number of carbonyl (C=O) groups is 8. The minimum Gasteiger partial charge on any atom is -0.459 e. The van der Waals surface area contributed by atoms with Crippen molar-refractivity contribution < 1.29 is 66.8 Å². The second kappa shape index (κ2) is 23.1. The highest BCUT2D eigenvalue weighted by Gasteiger charge is 2.62. The number of allylic oxidation sites excluding steroid dienone is 6. The van der Waals surface area contributed by atoms with E-state index in [-0.39, 0.29) is 93.6 Å². The van der Waals surface area contributed by atoms with Gasteiger partial charge in [-0.25, -0.2) is 29.2 Å². The Bertz CT molecular complexity index is 3670. The van der Waals surface area contributed by atoms with Crippen LogP contribution in [0.4, 0.5) is 10.0 Å². The molecule has 18 heteroatoms. The predicted octanol–water partition coefficient (Wildman–Crippen LogP) is 11.8. The number of carbonyl (C=O) groups excluding carboxylic acids is 8. The average Bonchev–Trinajstić information content (AvgIpc) is 1.34. The number of nitrogens with zero attached hydrogens (tertiary/aromatic N) is 2. The van der Waals surface area contributed by atoms with Crippen molar-refractivity contribution in [3.8, 4) is 0 Å². The number of ether oxygens (including phenoxy) is 6. The molecule has 16 nitrogen and oxygen atoms in total. The highest BCUT2D eigenvalue weighted by atomic mass is 32.1. The van der Waals surface area contributed by atoms with Crippen LogP contribution in [0.3, 0.4) is 0 Å². The Morgan fingerprint density at radius 1 is 0.420 bits per heavy atom. The van der Waals surface area contributed by atoms with Gasteiger partial charge in [0.15, 0.2) is 34.6 Å². The maximum Gasteiger partial charge on any atom is 0.367 e. The number of hydrogen-bond acceptors (Lipinski definition) is 18. The number of ketones is 4. The summed E-state index contributed by atoms with van der Waals surface area (Å²) in [5.41, 5.74) is -2.27. The number of benzene rings is 4. The molecule has 6 aliphatic carbocycles. The maximum atomic E-state index is 15.3. The van der Waals surface area contributed by atoms with E-state index in [0.29, 0.717) is 68.8 Å². The predicted molar refractivity (Wildman–Crippen MR) is 323 cm³/mol. The number of Topliss-reactive ketones (excluding diaryl/α,β-unsaturated/α-hetero) is 4. The quantitative estimate of drug-likeness (QED) is 0.0563.